The molecule has 0 rings (SSSR count). The van der Waals surface area contributed by atoms with Crippen LogP contribution in [-0.2, 0) is 28.6 Å². The number of carbonyl (C=O) groups is 3. The van der Waals surface area contributed by atoms with E-state index in [0.717, 1.165) is 75.5 Å². The number of hydrogen-bond acceptors (Lipinski definition) is 6. The second kappa shape index (κ2) is 38.7. The first kappa shape index (κ1) is 51.4. The van der Waals surface area contributed by atoms with Crippen LogP contribution in [0.1, 0.15) is 247 Å². The van der Waals surface area contributed by atoms with Crippen molar-refractivity contribution in [3.63, 3.8) is 0 Å². The quantitative estimate of drug-likeness (QED) is 0.0352. The molecule has 0 saturated heterocycles. The molecule has 0 aliphatic heterocycles. The summed E-state index contributed by atoms with van der Waals surface area (Å²) in [6.07, 6.45) is 35.2. The minimum absolute atomic E-state index is 0.0666. The van der Waals surface area contributed by atoms with E-state index in [1.54, 1.807) is 0 Å². The predicted octanol–water partition coefficient (Wildman–Crippen LogP) is 14.4. The van der Waals surface area contributed by atoms with Gasteiger partial charge in [0.25, 0.3) is 0 Å². The summed E-state index contributed by atoms with van der Waals surface area (Å²) in [6, 6.07) is 0. The van der Waals surface area contributed by atoms with Crippen LogP contribution in [0.25, 0.3) is 0 Å². The molecule has 0 aromatic heterocycles. The number of ether oxygens (including phenoxy) is 3. The van der Waals surface area contributed by atoms with Gasteiger partial charge >= 0.3 is 17.9 Å². The lowest BCUT2D eigenvalue weighted by Crippen LogP contribution is -2.30. The van der Waals surface area contributed by atoms with Gasteiger partial charge in [0, 0.05) is 19.3 Å². The van der Waals surface area contributed by atoms with Crippen molar-refractivity contribution in [1.29, 1.82) is 0 Å². The summed E-state index contributed by atoms with van der Waals surface area (Å²) in [5.41, 5.74) is 0. The predicted molar refractivity (Wildman–Crippen MR) is 224 cm³/mol. The summed E-state index contributed by atoms with van der Waals surface area (Å²) in [5, 5.41) is 0. The van der Waals surface area contributed by atoms with Gasteiger partial charge in [-0.3, -0.25) is 14.4 Å². The number of unbranched alkanes of at least 4 members (excludes halogenated alkanes) is 22. The van der Waals surface area contributed by atoms with Crippen LogP contribution in [0.3, 0.4) is 0 Å². The maximum absolute atomic E-state index is 12.7. The molecule has 0 bridgehead atoms. The lowest BCUT2D eigenvalue weighted by Gasteiger charge is -2.18. The molecule has 0 spiro atoms. The number of rotatable bonds is 40. The van der Waals surface area contributed by atoms with Crippen molar-refractivity contribution in [2.24, 2.45) is 17.8 Å². The Morgan fingerprint density at radius 2 is 0.660 bits per heavy atom. The van der Waals surface area contributed by atoms with Crippen LogP contribution >= 0.6 is 0 Å². The monoisotopic (exact) mass is 751 g/mol. The maximum Gasteiger partial charge on any atom is 0.306 e. The minimum Gasteiger partial charge on any atom is -0.462 e. The van der Waals surface area contributed by atoms with E-state index in [9.17, 15) is 14.4 Å². The smallest absolute Gasteiger partial charge is 0.306 e. The molecular weight excluding hydrogens is 661 g/mol. The highest BCUT2D eigenvalue weighted by Crippen LogP contribution is 2.17. The molecule has 0 saturated carbocycles. The number of hydrogen-bond donors (Lipinski definition) is 0. The third-order valence-electron chi connectivity index (χ3n) is 10.8. The second-order valence-electron chi connectivity index (χ2n) is 17.2. The van der Waals surface area contributed by atoms with Gasteiger partial charge in [-0.1, -0.05) is 208 Å². The van der Waals surface area contributed by atoms with Crippen molar-refractivity contribution >= 4 is 17.9 Å². The van der Waals surface area contributed by atoms with Crippen LogP contribution in [0.4, 0.5) is 0 Å². The summed E-state index contributed by atoms with van der Waals surface area (Å²) >= 11 is 0. The van der Waals surface area contributed by atoms with Crippen molar-refractivity contribution in [2.75, 3.05) is 13.2 Å². The third-order valence-corrected chi connectivity index (χ3v) is 10.8. The molecular formula is C47H90O6. The van der Waals surface area contributed by atoms with Crippen molar-refractivity contribution in [3.8, 4) is 0 Å². The molecule has 0 N–H and O–H groups in total. The molecule has 314 valence electrons. The molecule has 6 nitrogen and oxygen atoms in total. The zero-order valence-corrected chi connectivity index (χ0v) is 36.3. The topological polar surface area (TPSA) is 78.9 Å². The van der Waals surface area contributed by atoms with Gasteiger partial charge in [0.15, 0.2) is 6.10 Å². The molecule has 0 fully saturated rings. The van der Waals surface area contributed by atoms with Gasteiger partial charge in [-0.2, -0.15) is 0 Å². The molecule has 0 aromatic carbocycles. The Hall–Kier alpha value is -1.59. The Morgan fingerprint density at radius 3 is 0.981 bits per heavy atom. The van der Waals surface area contributed by atoms with Gasteiger partial charge in [0.2, 0.25) is 0 Å². The summed E-state index contributed by atoms with van der Waals surface area (Å²) in [7, 11) is 0. The first-order valence-corrected chi connectivity index (χ1v) is 23.1. The third kappa shape index (κ3) is 39.9. The van der Waals surface area contributed by atoms with Crippen LogP contribution < -0.4 is 0 Å². The first-order chi connectivity index (χ1) is 25.6. The Balaban J connectivity index is 4.35. The van der Waals surface area contributed by atoms with E-state index >= 15 is 0 Å². The Labute approximate surface area is 329 Å². The van der Waals surface area contributed by atoms with Crippen molar-refractivity contribution in [1.82, 2.24) is 0 Å². The Kier molecular flexibility index (Phi) is 37.5. The molecule has 1 unspecified atom stereocenters. The highest BCUT2D eigenvalue weighted by atomic mass is 16.6. The first-order valence-electron chi connectivity index (χ1n) is 23.1. The Bertz CT molecular complexity index is 824. The standard InChI is InChI=1S/C47H90O6/c1-7-43(6)35-29-23-19-20-25-31-37-46(49)52-40-44(53-47(50)38-32-26-18-14-10-12-16-22-28-34-42(4)5)39-51-45(48)36-30-24-17-13-9-8-11-15-21-27-33-41(2)3/h41-44H,7-40H2,1-6H3/t43?,44-/m1/s1. The van der Waals surface area contributed by atoms with Crippen LogP contribution in [0.15, 0.2) is 0 Å². The maximum atomic E-state index is 12.7. The van der Waals surface area contributed by atoms with Crippen LogP contribution in [0, 0.1) is 17.8 Å². The largest absolute Gasteiger partial charge is 0.462 e. The lowest BCUT2D eigenvalue weighted by molar-refractivity contribution is -0.167. The van der Waals surface area contributed by atoms with E-state index in [1.807, 2.05) is 0 Å². The van der Waals surface area contributed by atoms with Gasteiger partial charge in [-0.15, -0.1) is 0 Å². The van der Waals surface area contributed by atoms with Gasteiger partial charge in [-0.25, -0.2) is 0 Å². The SMILES string of the molecule is CCC(C)CCCCCCCCC(=O)OC[C@@H](COC(=O)CCCCCCCCCCCCC(C)C)OC(=O)CCCCCCCCCCCC(C)C. The van der Waals surface area contributed by atoms with Gasteiger partial charge in [0.1, 0.15) is 13.2 Å². The van der Waals surface area contributed by atoms with E-state index in [2.05, 4.69) is 41.5 Å². The second-order valence-corrected chi connectivity index (χ2v) is 17.2. The fourth-order valence-electron chi connectivity index (χ4n) is 6.85. The molecule has 0 heterocycles. The van der Waals surface area contributed by atoms with E-state index in [0.29, 0.717) is 19.3 Å². The van der Waals surface area contributed by atoms with Crippen LogP contribution in [-0.4, -0.2) is 37.2 Å². The Morgan fingerprint density at radius 1 is 0.377 bits per heavy atom. The molecule has 0 aliphatic carbocycles. The molecule has 0 amide bonds. The van der Waals surface area contributed by atoms with Crippen LogP contribution in [0.2, 0.25) is 0 Å². The van der Waals surface area contributed by atoms with Crippen molar-refractivity contribution < 1.29 is 28.6 Å². The molecule has 0 aromatic rings. The average molecular weight is 751 g/mol. The zero-order valence-electron chi connectivity index (χ0n) is 36.3. The summed E-state index contributed by atoms with van der Waals surface area (Å²) < 4.78 is 16.7. The lowest BCUT2D eigenvalue weighted by atomic mass is 10.00. The highest BCUT2D eigenvalue weighted by molar-refractivity contribution is 5.71. The summed E-state index contributed by atoms with van der Waals surface area (Å²) in [5.74, 6) is 1.57. The number of esters is 3. The normalized spacial score (nSPS) is 12.7. The molecule has 2 atom stereocenters. The van der Waals surface area contributed by atoms with Crippen LogP contribution in [0.5, 0.6) is 0 Å². The fourth-order valence-corrected chi connectivity index (χ4v) is 6.85. The molecule has 6 heteroatoms. The fraction of sp³-hybridized carbons (Fsp3) is 0.936. The van der Waals surface area contributed by atoms with Crippen molar-refractivity contribution in [3.05, 3.63) is 0 Å². The number of carbonyl (C=O) groups excluding carboxylic acids is 3. The molecule has 53 heavy (non-hydrogen) atoms. The van der Waals surface area contributed by atoms with Gasteiger partial charge in [-0.05, 0) is 37.0 Å². The average Bonchev–Trinajstić information content (AvgIpc) is 3.12. The van der Waals surface area contributed by atoms with Gasteiger partial charge < -0.3 is 14.2 Å². The van der Waals surface area contributed by atoms with Crippen molar-refractivity contribution in [2.45, 2.75) is 253 Å². The van der Waals surface area contributed by atoms with Gasteiger partial charge in [0.05, 0.1) is 0 Å². The minimum atomic E-state index is -0.762. The summed E-state index contributed by atoms with van der Waals surface area (Å²) in [4.78, 5) is 37.7. The zero-order chi connectivity index (χ0) is 39.2. The molecule has 0 radical (unpaired) electrons. The van der Waals surface area contributed by atoms with E-state index in [-0.39, 0.29) is 31.1 Å². The van der Waals surface area contributed by atoms with E-state index < -0.39 is 6.10 Å². The summed E-state index contributed by atoms with van der Waals surface area (Å²) in [6.45, 7) is 13.6. The highest BCUT2D eigenvalue weighted by Gasteiger charge is 2.19. The molecule has 0 aliphatic rings. The van der Waals surface area contributed by atoms with E-state index in [4.69, 9.17) is 14.2 Å². The van der Waals surface area contributed by atoms with E-state index in [1.165, 1.54) is 128 Å².